The van der Waals surface area contributed by atoms with Crippen molar-refractivity contribution in [3.05, 3.63) is 40.2 Å². The van der Waals surface area contributed by atoms with Gasteiger partial charge in [-0.1, -0.05) is 11.6 Å². The van der Waals surface area contributed by atoms with Crippen molar-refractivity contribution >= 4 is 17.6 Å². The van der Waals surface area contributed by atoms with Gasteiger partial charge in [0.1, 0.15) is 0 Å². The van der Waals surface area contributed by atoms with Crippen LogP contribution in [0.15, 0.2) is 22.6 Å². The van der Waals surface area contributed by atoms with E-state index in [1.54, 1.807) is 19.9 Å². The van der Waals surface area contributed by atoms with Crippen LogP contribution in [0.4, 0.5) is 0 Å². The van der Waals surface area contributed by atoms with Crippen LogP contribution in [0.1, 0.15) is 28.7 Å². The predicted molar refractivity (Wildman–Crippen MR) is 72.4 cm³/mol. The topological polar surface area (TPSA) is 52.3 Å². The smallest absolute Gasteiger partial charge is 0.376 e. The van der Waals surface area contributed by atoms with Crippen molar-refractivity contribution in [3.63, 3.8) is 0 Å². The molecule has 0 unspecified atom stereocenters. The van der Waals surface area contributed by atoms with E-state index in [2.05, 4.69) is 4.98 Å². The second-order valence-electron chi connectivity index (χ2n) is 4.17. The number of hydrogen-bond donors (Lipinski definition) is 0. The lowest BCUT2D eigenvalue weighted by Gasteiger charge is -2.00. The molecule has 1 aromatic carbocycles. The number of ether oxygens (including phenoxy) is 1. The summed E-state index contributed by atoms with van der Waals surface area (Å²) in [6.07, 6.45) is 0. The summed E-state index contributed by atoms with van der Waals surface area (Å²) in [7, 11) is 0. The number of rotatable bonds is 3. The summed E-state index contributed by atoms with van der Waals surface area (Å²) in [6, 6.07) is 5.48. The molecule has 0 fully saturated rings. The van der Waals surface area contributed by atoms with E-state index in [0.717, 1.165) is 11.1 Å². The number of esters is 1. The molecular weight excluding hydrogens is 266 g/mol. The number of benzene rings is 1. The summed E-state index contributed by atoms with van der Waals surface area (Å²) in [5.74, 6) is -0.00173. The number of aromatic nitrogens is 1. The van der Waals surface area contributed by atoms with E-state index >= 15 is 0 Å². The van der Waals surface area contributed by atoms with Crippen LogP contribution in [0.3, 0.4) is 0 Å². The molecule has 0 radical (unpaired) electrons. The number of carbonyl (C=O) groups excluding carboxylic acids is 1. The van der Waals surface area contributed by atoms with Gasteiger partial charge < -0.3 is 9.15 Å². The van der Waals surface area contributed by atoms with Gasteiger partial charge in [0.25, 0.3) is 0 Å². The third kappa shape index (κ3) is 2.96. The van der Waals surface area contributed by atoms with Crippen LogP contribution in [0, 0.1) is 13.8 Å². The fourth-order valence-electron chi connectivity index (χ4n) is 1.77. The van der Waals surface area contributed by atoms with Crippen LogP contribution in [0.2, 0.25) is 5.02 Å². The minimum atomic E-state index is -0.502. The first-order valence-corrected chi connectivity index (χ1v) is 6.31. The molecule has 2 aromatic rings. The molecule has 5 heteroatoms. The van der Waals surface area contributed by atoms with Gasteiger partial charge in [0.05, 0.1) is 12.3 Å². The SMILES string of the molecule is CCOC(=O)c1oc(-c2cc(C)cc(Cl)c2)nc1C. The predicted octanol–water partition coefficient (Wildman–Crippen LogP) is 3.79. The van der Waals surface area contributed by atoms with Crippen LogP contribution < -0.4 is 0 Å². The van der Waals surface area contributed by atoms with Crippen molar-refractivity contribution in [1.82, 2.24) is 4.98 Å². The lowest BCUT2D eigenvalue weighted by atomic mass is 10.1. The second kappa shape index (κ2) is 5.45. The number of halogens is 1. The second-order valence-corrected chi connectivity index (χ2v) is 4.61. The number of aryl methyl sites for hydroxylation is 2. The molecule has 0 saturated heterocycles. The van der Waals surface area contributed by atoms with E-state index in [1.807, 2.05) is 19.1 Å². The van der Waals surface area contributed by atoms with Crippen molar-refractivity contribution in [2.45, 2.75) is 20.8 Å². The highest BCUT2D eigenvalue weighted by atomic mass is 35.5. The lowest BCUT2D eigenvalue weighted by molar-refractivity contribution is 0.0490. The Morgan fingerprint density at radius 1 is 1.37 bits per heavy atom. The Morgan fingerprint density at radius 2 is 2.11 bits per heavy atom. The molecule has 100 valence electrons. The van der Waals surface area contributed by atoms with E-state index < -0.39 is 5.97 Å². The molecule has 0 spiro atoms. The average molecular weight is 280 g/mol. The summed E-state index contributed by atoms with van der Waals surface area (Å²) < 4.78 is 10.4. The molecule has 0 aliphatic carbocycles. The van der Waals surface area contributed by atoms with E-state index in [0.29, 0.717) is 23.2 Å². The fraction of sp³-hybridized carbons (Fsp3) is 0.286. The molecule has 0 N–H and O–H groups in total. The Balaban J connectivity index is 2.41. The number of carbonyl (C=O) groups is 1. The van der Waals surface area contributed by atoms with Gasteiger partial charge in [-0.25, -0.2) is 9.78 Å². The van der Waals surface area contributed by atoms with Gasteiger partial charge in [0.2, 0.25) is 11.7 Å². The Morgan fingerprint density at radius 3 is 2.74 bits per heavy atom. The molecule has 0 atom stereocenters. The molecule has 1 heterocycles. The Kier molecular flexibility index (Phi) is 3.90. The monoisotopic (exact) mass is 279 g/mol. The molecule has 4 nitrogen and oxygen atoms in total. The van der Waals surface area contributed by atoms with E-state index in [4.69, 9.17) is 20.8 Å². The maximum atomic E-state index is 11.7. The molecule has 19 heavy (non-hydrogen) atoms. The van der Waals surface area contributed by atoms with Gasteiger partial charge in [0, 0.05) is 10.6 Å². The van der Waals surface area contributed by atoms with Crippen LogP contribution in [0.25, 0.3) is 11.5 Å². The van der Waals surface area contributed by atoms with E-state index in [9.17, 15) is 4.79 Å². The van der Waals surface area contributed by atoms with Gasteiger partial charge in [-0.3, -0.25) is 0 Å². The first-order valence-electron chi connectivity index (χ1n) is 5.93. The normalized spacial score (nSPS) is 10.5. The number of nitrogens with zero attached hydrogens (tertiary/aromatic N) is 1. The summed E-state index contributed by atoms with van der Waals surface area (Å²) >= 11 is 6.00. The zero-order valence-corrected chi connectivity index (χ0v) is 11.7. The molecular formula is C14H14ClNO3. The zero-order chi connectivity index (χ0) is 14.0. The molecule has 0 bridgehead atoms. The highest BCUT2D eigenvalue weighted by molar-refractivity contribution is 6.30. The molecule has 0 aliphatic rings. The molecule has 2 rings (SSSR count). The number of oxazole rings is 1. The molecule has 0 amide bonds. The summed E-state index contributed by atoms with van der Waals surface area (Å²) in [5.41, 5.74) is 2.24. The third-order valence-electron chi connectivity index (χ3n) is 2.55. The lowest BCUT2D eigenvalue weighted by Crippen LogP contribution is -2.04. The fourth-order valence-corrected chi connectivity index (χ4v) is 2.06. The van der Waals surface area contributed by atoms with Gasteiger partial charge in [-0.05, 0) is 44.5 Å². The van der Waals surface area contributed by atoms with Crippen molar-refractivity contribution in [1.29, 1.82) is 0 Å². The third-order valence-corrected chi connectivity index (χ3v) is 2.76. The molecule has 1 aromatic heterocycles. The van der Waals surface area contributed by atoms with Crippen LogP contribution in [-0.4, -0.2) is 17.6 Å². The molecule has 0 saturated carbocycles. The minimum absolute atomic E-state index is 0.134. The van der Waals surface area contributed by atoms with Gasteiger partial charge >= 0.3 is 5.97 Å². The Bertz CT molecular complexity index is 599. The number of hydrogen-bond acceptors (Lipinski definition) is 4. The highest BCUT2D eigenvalue weighted by Crippen LogP contribution is 2.26. The largest absolute Gasteiger partial charge is 0.460 e. The van der Waals surface area contributed by atoms with E-state index in [1.165, 1.54) is 0 Å². The quantitative estimate of drug-likeness (QED) is 0.802. The van der Waals surface area contributed by atoms with Gasteiger partial charge in [0.15, 0.2) is 0 Å². The summed E-state index contributed by atoms with van der Waals surface area (Å²) in [4.78, 5) is 15.9. The van der Waals surface area contributed by atoms with Gasteiger partial charge in [-0.2, -0.15) is 0 Å². The van der Waals surface area contributed by atoms with Crippen molar-refractivity contribution in [3.8, 4) is 11.5 Å². The highest BCUT2D eigenvalue weighted by Gasteiger charge is 2.19. The maximum Gasteiger partial charge on any atom is 0.376 e. The van der Waals surface area contributed by atoms with Crippen LogP contribution >= 0.6 is 11.6 Å². The zero-order valence-electron chi connectivity index (χ0n) is 11.0. The maximum absolute atomic E-state index is 11.7. The van der Waals surface area contributed by atoms with Crippen molar-refractivity contribution in [2.24, 2.45) is 0 Å². The Labute approximate surface area is 116 Å². The van der Waals surface area contributed by atoms with Crippen molar-refractivity contribution < 1.29 is 13.9 Å². The van der Waals surface area contributed by atoms with Gasteiger partial charge in [-0.15, -0.1) is 0 Å². The average Bonchev–Trinajstić information content (AvgIpc) is 2.70. The van der Waals surface area contributed by atoms with Crippen LogP contribution in [0.5, 0.6) is 0 Å². The van der Waals surface area contributed by atoms with E-state index in [-0.39, 0.29) is 5.76 Å². The van der Waals surface area contributed by atoms with Crippen molar-refractivity contribution in [2.75, 3.05) is 6.61 Å². The van der Waals surface area contributed by atoms with Crippen LogP contribution in [-0.2, 0) is 4.74 Å². The minimum Gasteiger partial charge on any atom is -0.460 e. The summed E-state index contributed by atoms with van der Waals surface area (Å²) in [5, 5.41) is 0.600. The first kappa shape index (κ1) is 13.6. The first-order chi connectivity index (χ1) is 9.01. The Hall–Kier alpha value is -1.81. The summed E-state index contributed by atoms with van der Waals surface area (Å²) in [6.45, 7) is 5.67. The molecule has 0 aliphatic heterocycles. The standard InChI is InChI=1S/C14H14ClNO3/c1-4-18-14(17)12-9(3)16-13(19-12)10-5-8(2)6-11(15)7-10/h5-7H,4H2,1-3H3.